The van der Waals surface area contributed by atoms with Gasteiger partial charge in [-0.15, -0.1) is 0 Å². The van der Waals surface area contributed by atoms with E-state index >= 15 is 0 Å². The number of rotatable bonds is 3. The van der Waals surface area contributed by atoms with Gasteiger partial charge in [-0.05, 0) is 66.2 Å². The number of esters is 1. The molecule has 1 aromatic rings. The first-order valence-corrected chi connectivity index (χ1v) is 8.09. The number of nitrogens with one attached hydrogen (secondary N) is 1. The van der Waals surface area contributed by atoms with Crippen molar-refractivity contribution in [3.8, 4) is 0 Å². The molecule has 1 aromatic carbocycles. The number of carbonyl (C=O) groups is 2. The van der Waals surface area contributed by atoms with E-state index in [9.17, 15) is 14.7 Å². The fourth-order valence-corrected chi connectivity index (χ4v) is 3.27. The minimum Gasteiger partial charge on any atom is -0.465 e. The number of aryl methyl sites for hydroxylation is 1. The zero-order valence-electron chi connectivity index (χ0n) is 12.7. The molecular weight excluding hydrogens is 350 g/mol. The number of aliphatic hydroxyl groups excluding tert-OH is 1. The van der Waals surface area contributed by atoms with Gasteiger partial charge in [-0.2, -0.15) is 0 Å². The Morgan fingerprint density at radius 2 is 1.91 bits per heavy atom. The molecule has 120 valence electrons. The smallest absolute Gasteiger partial charge is 0.339 e. The summed E-state index contributed by atoms with van der Waals surface area (Å²) in [5.41, 5.74) is 1.85. The minimum absolute atomic E-state index is 0.0619. The molecule has 0 saturated heterocycles. The average Bonchev–Trinajstić information content (AvgIpc) is 2.49. The average molecular weight is 370 g/mol. The van der Waals surface area contributed by atoms with Gasteiger partial charge in [0.2, 0.25) is 5.91 Å². The van der Waals surface area contributed by atoms with Crippen molar-refractivity contribution in [2.24, 2.45) is 5.92 Å². The van der Waals surface area contributed by atoms with E-state index in [-0.39, 0.29) is 17.9 Å². The van der Waals surface area contributed by atoms with E-state index in [1.807, 2.05) is 6.92 Å². The van der Waals surface area contributed by atoms with Crippen LogP contribution in [0.4, 0.5) is 5.69 Å². The molecule has 5 nitrogen and oxygen atoms in total. The monoisotopic (exact) mass is 369 g/mol. The fraction of sp³-hybridized carbons (Fsp3) is 0.500. The number of aliphatic hydroxyl groups is 1. The number of anilines is 1. The maximum Gasteiger partial charge on any atom is 0.339 e. The number of hydrogen-bond acceptors (Lipinski definition) is 4. The maximum absolute atomic E-state index is 12.3. The predicted molar refractivity (Wildman–Crippen MR) is 86.8 cm³/mol. The summed E-state index contributed by atoms with van der Waals surface area (Å²) in [6, 6.07) is 3.41. The topological polar surface area (TPSA) is 75.6 Å². The molecule has 0 spiro atoms. The predicted octanol–water partition coefficient (Wildman–Crippen LogP) is 3.03. The van der Waals surface area contributed by atoms with Crippen LogP contribution in [0, 0.1) is 12.8 Å². The second-order valence-corrected chi connectivity index (χ2v) is 6.49. The first-order valence-electron chi connectivity index (χ1n) is 7.29. The Labute approximate surface area is 138 Å². The molecule has 6 heteroatoms. The van der Waals surface area contributed by atoms with E-state index in [0.717, 1.165) is 5.56 Å². The van der Waals surface area contributed by atoms with Crippen molar-refractivity contribution >= 4 is 33.5 Å². The zero-order chi connectivity index (χ0) is 16.3. The third kappa shape index (κ3) is 3.87. The van der Waals surface area contributed by atoms with Crippen molar-refractivity contribution in [2.75, 3.05) is 12.4 Å². The van der Waals surface area contributed by atoms with Crippen LogP contribution < -0.4 is 5.32 Å². The van der Waals surface area contributed by atoms with Crippen molar-refractivity contribution in [3.63, 3.8) is 0 Å². The molecule has 2 N–H and O–H groups in total. The highest BCUT2D eigenvalue weighted by molar-refractivity contribution is 9.10. The lowest BCUT2D eigenvalue weighted by Gasteiger charge is -2.25. The van der Waals surface area contributed by atoms with Crippen molar-refractivity contribution in [1.29, 1.82) is 0 Å². The summed E-state index contributed by atoms with van der Waals surface area (Å²) in [5.74, 6) is -0.607. The number of carbonyl (C=O) groups excluding carboxylic acids is 2. The Balaban J connectivity index is 2.15. The van der Waals surface area contributed by atoms with Gasteiger partial charge in [-0.1, -0.05) is 0 Å². The van der Waals surface area contributed by atoms with Gasteiger partial charge >= 0.3 is 5.97 Å². The van der Waals surface area contributed by atoms with Gasteiger partial charge in [0.05, 0.1) is 18.8 Å². The van der Waals surface area contributed by atoms with Gasteiger partial charge in [0.15, 0.2) is 0 Å². The lowest BCUT2D eigenvalue weighted by molar-refractivity contribution is -0.121. The zero-order valence-corrected chi connectivity index (χ0v) is 14.3. The Morgan fingerprint density at radius 3 is 2.50 bits per heavy atom. The molecule has 0 heterocycles. The standard InChI is InChI=1S/C16H20BrNO4/c1-9-7-13(17)12(16(21)22-2)8-14(9)18-15(20)10-3-5-11(19)6-4-10/h7-8,10-11,19H,3-6H2,1-2H3,(H,18,20). The molecule has 0 atom stereocenters. The molecule has 0 aromatic heterocycles. The molecule has 1 amide bonds. The molecule has 2 rings (SSSR count). The molecule has 1 aliphatic carbocycles. The van der Waals surface area contributed by atoms with E-state index < -0.39 is 5.97 Å². The minimum atomic E-state index is -0.455. The Hall–Kier alpha value is -1.40. The van der Waals surface area contributed by atoms with Crippen LogP contribution in [0.15, 0.2) is 16.6 Å². The van der Waals surface area contributed by atoms with Crippen molar-refractivity contribution in [3.05, 3.63) is 27.7 Å². The third-order valence-corrected chi connectivity index (χ3v) is 4.70. The molecule has 0 radical (unpaired) electrons. The van der Waals surface area contributed by atoms with Crippen molar-refractivity contribution < 1.29 is 19.4 Å². The summed E-state index contributed by atoms with van der Waals surface area (Å²) < 4.78 is 5.37. The highest BCUT2D eigenvalue weighted by atomic mass is 79.9. The molecular formula is C16H20BrNO4. The van der Waals surface area contributed by atoms with Gasteiger partial charge < -0.3 is 15.2 Å². The van der Waals surface area contributed by atoms with Crippen LogP contribution in [0.3, 0.4) is 0 Å². The van der Waals surface area contributed by atoms with E-state index in [0.29, 0.717) is 41.4 Å². The Kier molecular flexibility index (Phi) is 5.58. The van der Waals surface area contributed by atoms with Crippen LogP contribution in [0.2, 0.25) is 0 Å². The first kappa shape index (κ1) is 17.0. The van der Waals surface area contributed by atoms with Gasteiger partial charge in [0, 0.05) is 16.1 Å². The van der Waals surface area contributed by atoms with Crippen LogP contribution >= 0.6 is 15.9 Å². The number of hydrogen-bond donors (Lipinski definition) is 2. The molecule has 1 aliphatic rings. The van der Waals surface area contributed by atoms with Gasteiger partial charge in [-0.25, -0.2) is 4.79 Å². The van der Waals surface area contributed by atoms with E-state index in [2.05, 4.69) is 21.2 Å². The quantitative estimate of drug-likeness (QED) is 0.802. The SMILES string of the molecule is COC(=O)c1cc(NC(=O)C2CCC(O)CC2)c(C)cc1Br. The van der Waals surface area contributed by atoms with Crippen LogP contribution in [0.25, 0.3) is 0 Å². The van der Waals surface area contributed by atoms with Gasteiger partial charge in [-0.3, -0.25) is 4.79 Å². The van der Waals surface area contributed by atoms with Crippen LogP contribution in [0.5, 0.6) is 0 Å². The number of halogens is 1. The highest BCUT2D eigenvalue weighted by Gasteiger charge is 2.26. The summed E-state index contributed by atoms with van der Waals surface area (Å²) in [6.45, 7) is 1.87. The van der Waals surface area contributed by atoms with Crippen LogP contribution in [-0.2, 0) is 9.53 Å². The maximum atomic E-state index is 12.3. The number of ether oxygens (including phenoxy) is 1. The molecule has 1 fully saturated rings. The summed E-state index contributed by atoms with van der Waals surface area (Å²) >= 11 is 3.33. The highest BCUT2D eigenvalue weighted by Crippen LogP contribution is 2.29. The summed E-state index contributed by atoms with van der Waals surface area (Å²) in [5, 5.41) is 12.4. The third-order valence-electron chi connectivity index (χ3n) is 4.04. The van der Waals surface area contributed by atoms with Crippen LogP contribution in [0.1, 0.15) is 41.6 Å². The van der Waals surface area contributed by atoms with Crippen molar-refractivity contribution in [1.82, 2.24) is 0 Å². The molecule has 1 saturated carbocycles. The second-order valence-electron chi connectivity index (χ2n) is 5.63. The Morgan fingerprint density at radius 1 is 1.27 bits per heavy atom. The molecule has 0 bridgehead atoms. The van der Waals surface area contributed by atoms with E-state index in [4.69, 9.17) is 4.74 Å². The molecule has 22 heavy (non-hydrogen) atoms. The number of methoxy groups -OCH3 is 1. The van der Waals surface area contributed by atoms with Crippen molar-refractivity contribution in [2.45, 2.75) is 38.7 Å². The summed E-state index contributed by atoms with van der Waals surface area (Å²) in [6.07, 6.45) is 2.40. The first-order chi connectivity index (χ1) is 10.4. The number of benzene rings is 1. The summed E-state index contributed by atoms with van der Waals surface area (Å²) in [7, 11) is 1.32. The lowest BCUT2D eigenvalue weighted by Crippen LogP contribution is -2.29. The number of amides is 1. The second kappa shape index (κ2) is 7.24. The normalized spacial score (nSPS) is 21.3. The van der Waals surface area contributed by atoms with E-state index in [1.165, 1.54) is 7.11 Å². The lowest BCUT2D eigenvalue weighted by atomic mass is 9.87. The largest absolute Gasteiger partial charge is 0.465 e. The molecule has 0 unspecified atom stereocenters. The summed E-state index contributed by atoms with van der Waals surface area (Å²) in [4.78, 5) is 24.1. The van der Waals surface area contributed by atoms with Crippen LogP contribution in [-0.4, -0.2) is 30.2 Å². The van der Waals surface area contributed by atoms with E-state index in [1.54, 1.807) is 12.1 Å². The molecule has 0 aliphatic heterocycles. The van der Waals surface area contributed by atoms with Gasteiger partial charge in [0.25, 0.3) is 0 Å². The van der Waals surface area contributed by atoms with Gasteiger partial charge in [0.1, 0.15) is 0 Å². The Bertz CT molecular complexity index is 580. The fourth-order valence-electron chi connectivity index (χ4n) is 2.65.